The van der Waals surface area contributed by atoms with Crippen LogP contribution in [0.5, 0.6) is 0 Å². The van der Waals surface area contributed by atoms with Crippen LogP contribution in [0.2, 0.25) is 0 Å². The average Bonchev–Trinajstić information content (AvgIpc) is 3.12. The zero-order chi connectivity index (χ0) is 16.5. The molecule has 0 N–H and O–H groups in total. The third-order valence-electron chi connectivity index (χ3n) is 4.62. The Kier molecular flexibility index (Phi) is 3.94. The van der Waals surface area contributed by atoms with Crippen LogP contribution in [0.1, 0.15) is 17.2 Å². The molecule has 5 nitrogen and oxygen atoms in total. The first-order valence-corrected chi connectivity index (χ1v) is 8.39. The topological polar surface area (TPSA) is 47.1 Å². The van der Waals surface area contributed by atoms with Gasteiger partial charge in [0.05, 0.1) is 6.54 Å². The highest BCUT2D eigenvalue weighted by Crippen LogP contribution is 2.25. The molecule has 0 radical (unpaired) electrons. The van der Waals surface area contributed by atoms with E-state index in [1.165, 1.54) is 5.69 Å². The third kappa shape index (κ3) is 2.99. The molecule has 1 aliphatic rings. The lowest BCUT2D eigenvalue weighted by molar-refractivity contribution is 0.0729. The second kappa shape index (κ2) is 6.24. The standard InChI is InChI=1S/C19H22N4O/c1-14-8-21-19(17-4-3-7-20-9-17)23(14)12-16-10-22(11-16)13-18-6-5-15(2)24-18/h3-9,16H,10-13H2,1-2H3. The second-order valence-corrected chi connectivity index (χ2v) is 6.65. The van der Waals surface area contributed by atoms with E-state index in [2.05, 4.69) is 38.5 Å². The van der Waals surface area contributed by atoms with Gasteiger partial charge in [-0.2, -0.15) is 0 Å². The Labute approximate surface area is 142 Å². The van der Waals surface area contributed by atoms with E-state index in [0.717, 1.165) is 49.1 Å². The lowest BCUT2D eigenvalue weighted by Crippen LogP contribution is -2.47. The number of furan rings is 1. The monoisotopic (exact) mass is 322 g/mol. The van der Waals surface area contributed by atoms with Gasteiger partial charge in [-0.3, -0.25) is 9.88 Å². The number of pyridine rings is 1. The van der Waals surface area contributed by atoms with Crippen LogP contribution in [0, 0.1) is 19.8 Å². The molecule has 0 aliphatic carbocycles. The molecule has 1 saturated heterocycles. The molecular formula is C19H22N4O. The van der Waals surface area contributed by atoms with Gasteiger partial charge in [0.1, 0.15) is 17.3 Å². The fraction of sp³-hybridized carbons (Fsp3) is 0.368. The third-order valence-corrected chi connectivity index (χ3v) is 4.62. The van der Waals surface area contributed by atoms with Gasteiger partial charge >= 0.3 is 0 Å². The highest BCUT2D eigenvalue weighted by molar-refractivity contribution is 5.54. The number of aromatic nitrogens is 3. The molecule has 124 valence electrons. The number of likely N-dealkylation sites (tertiary alicyclic amines) is 1. The van der Waals surface area contributed by atoms with Crippen LogP contribution < -0.4 is 0 Å². The van der Waals surface area contributed by atoms with Crippen LogP contribution in [0.4, 0.5) is 0 Å². The summed E-state index contributed by atoms with van der Waals surface area (Å²) in [6, 6.07) is 8.13. The summed E-state index contributed by atoms with van der Waals surface area (Å²) in [5.74, 6) is 3.71. The summed E-state index contributed by atoms with van der Waals surface area (Å²) in [5.41, 5.74) is 2.28. The Balaban J connectivity index is 1.40. The summed E-state index contributed by atoms with van der Waals surface area (Å²) in [6.07, 6.45) is 5.62. The zero-order valence-electron chi connectivity index (χ0n) is 14.1. The Morgan fingerprint density at radius 1 is 1.17 bits per heavy atom. The minimum atomic E-state index is 0.657. The average molecular weight is 322 g/mol. The molecule has 0 atom stereocenters. The Bertz CT molecular complexity index is 815. The molecule has 0 spiro atoms. The van der Waals surface area contributed by atoms with Gasteiger partial charge in [0.25, 0.3) is 0 Å². The lowest BCUT2D eigenvalue weighted by atomic mass is 9.99. The van der Waals surface area contributed by atoms with Crippen molar-refractivity contribution in [2.45, 2.75) is 26.9 Å². The molecule has 4 heterocycles. The van der Waals surface area contributed by atoms with Gasteiger partial charge in [0, 0.05) is 55.4 Å². The quantitative estimate of drug-likeness (QED) is 0.723. The highest BCUT2D eigenvalue weighted by atomic mass is 16.3. The van der Waals surface area contributed by atoms with Gasteiger partial charge in [-0.25, -0.2) is 4.98 Å². The molecule has 0 amide bonds. The van der Waals surface area contributed by atoms with E-state index in [1.54, 1.807) is 6.20 Å². The summed E-state index contributed by atoms with van der Waals surface area (Å²) >= 11 is 0. The molecule has 3 aromatic rings. The van der Waals surface area contributed by atoms with E-state index in [9.17, 15) is 0 Å². The van der Waals surface area contributed by atoms with Crippen LogP contribution in [-0.2, 0) is 13.1 Å². The van der Waals surface area contributed by atoms with Crippen LogP contribution in [0.3, 0.4) is 0 Å². The van der Waals surface area contributed by atoms with Crippen molar-refractivity contribution < 1.29 is 4.42 Å². The van der Waals surface area contributed by atoms with Gasteiger partial charge in [-0.05, 0) is 38.1 Å². The summed E-state index contributed by atoms with van der Waals surface area (Å²) in [4.78, 5) is 11.2. The van der Waals surface area contributed by atoms with Crippen LogP contribution >= 0.6 is 0 Å². The molecule has 5 heteroatoms. The summed E-state index contributed by atoms with van der Waals surface area (Å²) in [5, 5.41) is 0. The minimum Gasteiger partial charge on any atom is -0.465 e. The Morgan fingerprint density at radius 3 is 2.75 bits per heavy atom. The normalized spacial score (nSPS) is 15.6. The van der Waals surface area contributed by atoms with Crippen molar-refractivity contribution in [2.75, 3.05) is 13.1 Å². The molecular weight excluding hydrogens is 300 g/mol. The largest absolute Gasteiger partial charge is 0.465 e. The number of rotatable bonds is 5. The van der Waals surface area contributed by atoms with E-state index >= 15 is 0 Å². The van der Waals surface area contributed by atoms with Crippen LogP contribution in [0.15, 0.2) is 47.3 Å². The van der Waals surface area contributed by atoms with Gasteiger partial charge in [0.2, 0.25) is 0 Å². The molecule has 0 aromatic carbocycles. The summed E-state index contributed by atoms with van der Waals surface area (Å²) in [6.45, 7) is 8.22. The molecule has 1 fully saturated rings. The summed E-state index contributed by atoms with van der Waals surface area (Å²) in [7, 11) is 0. The molecule has 0 saturated carbocycles. The van der Waals surface area contributed by atoms with Crippen LogP contribution in [-0.4, -0.2) is 32.5 Å². The van der Waals surface area contributed by atoms with Crippen molar-refractivity contribution >= 4 is 0 Å². The Hall–Kier alpha value is -2.40. The maximum absolute atomic E-state index is 5.66. The van der Waals surface area contributed by atoms with Crippen molar-refractivity contribution in [3.05, 3.63) is 60.1 Å². The first kappa shape index (κ1) is 15.1. The van der Waals surface area contributed by atoms with Gasteiger partial charge in [-0.1, -0.05) is 0 Å². The predicted octanol–water partition coefficient (Wildman–Crippen LogP) is 3.29. The van der Waals surface area contributed by atoms with E-state index in [1.807, 2.05) is 31.5 Å². The fourth-order valence-corrected chi connectivity index (χ4v) is 3.39. The molecule has 4 rings (SSSR count). The number of hydrogen-bond acceptors (Lipinski definition) is 4. The number of aryl methyl sites for hydroxylation is 2. The number of hydrogen-bond donors (Lipinski definition) is 0. The molecule has 3 aromatic heterocycles. The van der Waals surface area contributed by atoms with E-state index in [0.29, 0.717) is 5.92 Å². The number of nitrogens with zero attached hydrogens (tertiary/aromatic N) is 4. The predicted molar refractivity (Wildman–Crippen MR) is 92.4 cm³/mol. The maximum atomic E-state index is 5.66. The molecule has 1 aliphatic heterocycles. The molecule has 0 unspecified atom stereocenters. The van der Waals surface area contributed by atoms with Crippen molar-refractivity contribution in [3.8, 4) is 11.4 Å². The summed E-state index contributed by atoms with van der Waals surface area (Å²) < 4.78 is 7.98. The van der Waals surface area contributed by atoms with Gasteiger partial charge in [0.15, 0.2) is 0 Å². The first-order chi connectivity index (χ1) is 11.7. The second-order valence-electron chi connectivity index (χ2n) is 6.65. The molecule has 24 heavy (non-hydrogen) atoms. The Morgan fingerprint density at radius 2 is 2.04 bits per heavy atom. The van der Waals surface area contributed by atoms with Crippen molar-refractivity contribution in [2.24, 2.45) is 5.92 Å². The van der Waals surface area contributed by atoms with Gasteiger partial charge in [-0.15, -0.1) is 0 Å². The van der Waals surface area contributed by atoms with E-state index in [-0.39, 0.29) is 0 Å². The molecule has 0 bridgehead atoms. The highest BCUT2D eigenvalue weighted by Gasteiger charge is 2.28. The maximum Gasteiger partial charge on any atom is 0.141 e. The van der Waals surface area contributed by atoms with E-state index in [4.69, 9.17) is 4.42 Å². The van der Waals surface area contributed by atoms with Crippen molar-refractivity contribution in [3.63, 3.8) is 0 Å². The zero-order valence-corrected chi connectivity index (χ0v) is 14.1. The lowest BCUT2D eigenvalue weighted by Gasteiger charge is -2.39. The minimum absolute atomic E-state index is 0.657. The van der Waals surface area contributed by atoms with E-state index < -0.39 is 0 Å². The SMILES string of the molecule is Cc1ccc(CN2CC(Cn3c(C)cnc3-c3cccnc3)C2)o1. The smallest absolute Gasteiger partial charge is 0.141 e. The van der Waals surface area contributed by atoms with Crippen molar-refractivity contribution in [1.82, 2.24) is 19.4 Å². The fourth-order valence-electron chi connectivity index (χ4n) is 3.39. The first-order valence-electron chi connectivity index (χ1n) is 8.39. The van der Waals surface area contributed by atoms with Gasteiger partial charge < -0.3 is 8.98 Å². The number of imidazole rings is 1. The van der Waals surface area contributed by atoms with Crippen LogP contribution in [0.25, 0.3) is 11.4 Å². The van der Waals surface area contributed by atoms with Crippen molar-refractivity contribution in [1.29, 1.82) is 0 Å².